The summed E-state index contributed by atoms with van der Waals surface area (Å²) >= 11 is 1.65. The molecule has 0 spiro atoms. The van der Waals surface area contributed by atoms with Crippen molar-refractivity contribution in [3.63, 3.8) is 0 Å². The summed E-state index contributed by atoms with van der Waals surface area (Å²) in [4.78, 5) is 9.57. The lowest BCUT2D eigenvalue weighted by Gasteiger charge is -2.00. The maximum absolute atomic E-state index is 4.25. The number of hydrogen-bond acceptors (Lipinski definition) is 3. The van der Waals surface area contributed by atoms with Gasteiger partial charge in [0.25, 0.3) is 0 Å². The Morgan fingerprint density at radius 2 is 1.71 bits per heavy atom. The van der Waals surface area contributed by atoms with Gasteiger partial charge < -0.3 is 0 Å². The van der Waals surface area contributed by atoms with Crippen molar-refractivity contribution in [2.24, 2.45) is 0 Å². The summed E-state index contributed by atoms with van der Waals surface area (Å²) in [6, 6.07) is 9.96. The third-order valence-corrected chi connectivity index (χ3v) is 2.67. The number of rotatable bonds is 2. The molecule has 2 aromatic rings. The topological polar surface area (TPSA) is 25.8 Å². The fourth-order valence-corrected chi connectivity index (χ4v) is 1.97. The third kappa shape index (κ3) is 6.13. The number of halogens is 3. The Kier molecular flexibility index (Phi) is 10.6. The van der Waals surface area contributed by atoms with Crippen LogP contribution >= 0.6 is 49.0 Å². The van der Waals surface area contributed by atoms with Crippen LogP contribution in [0.1, 0.15) is 5.69 Å². The van der Waals surface area contributed by atoms with Gasteiger partial charge in [-0.3, -0.25) is 4.98 Å². The molecule has 6 heteroatoms. The van der Waals surface area contributed by atoms with E-state index in [1.807, 2.05) is 37.4 Å². The van der Waals surface area contributed by atoms with Crippen molar-refractivity contribution in [1.82, 2.24) is 9.97 Å². The number of hydrogen-bond donors (Lipinski definition) is 0. The summed E-state index contributed by atoms with van der Waals surface area (Å²) in [5.74, 6) is 0. The van der Waals surface area contributed by atoms with E-state index in [2.05, 4.69) is 16.0 Å². The maximum atomic E-state index is 4.25. The van der Waals surface area contributed by atoms with Crippen LogP contribution in [0.5, 0.6) is 0 Å². The Bertz CT molecular complexity index is 426. The van der Waals surface area contributed by atoms with E-state index in [4.69, 9.17) is 0 Å². The Hall–Kier alpha value is -0.480. The van der Waals surface area contributed by atoms with Crippen molar-refractivity contribution in [1.29, 1.82) is 0 Å². The van der Waals surface area contributed by atoms with Gasteiger partial charge in [0.1, 0.15) is 5.03 Å². The first-order valence-electron chi connectivity index (χ1n) is 4.36. The molecule has 0 aliphatic rings. The molecule has 2 rings (SSSR count). The second kappa shape index (κ2) is 9.54. The lowest BCUT2D eigenvalue weighted by atomic mass is 10.4. The van der Waals surface area contributed by atoms with Crippen LogP contribution in [0.15, 0.2) is 52.6 Å². The van der Waals surface area contributed by atoms with Gasteiger partial charge in [-0.1, -0.05) is 17.8 Å². The molecule has 0 fully saturated rings. The second-order valence-corrected chi connectivity index (χ2v) is 4.00. The highest BCUT2D eigenvalue weighted by molar-refractivity contribution is 7.99. The van der Waals surface area contributed by atoms with Gasteiger partial charge in [0.15, 0.2) is 0 Å². The average Bonchev–Trinajstić information content (AvgIpc) is 2.19. The highest BCUT2D eigenvalue weighted by Crippen LogP contribution is 2.25. The summed E-state index contributed by atoms with van der Waals surface area (Å²) in [7, 11) is 0. The van der Waals surface area contributed by atoms with E-state index in [9.17, 15) is 0 Å². The number of pyridine rings is 2. The van der Waals surface area contributed by atoms with E-state index in [0.717, 1.165) is 10.7 Å². The van der Waals surface area contributed by atoms with Crippen LogP contribution in [0.4, 0.5) is 0 Å². The first-order valence-corrected chi connectivity index (χ1v) is 5.18. The van der Waals surface area contributed by atoms with E-state index in [1.54, 1.807) is 18.0 Å². The Balaban J connectivity index is 0. The monoisotopic (exact) mass is 310 g/mol. The van der Waals surface area contributed by atoms with Gasteiger partial charge in [-0.05, 0) is 31.2 Å². The smallest absolute Gasteiger partial charge is 0.101 e. The predicted molar refractivity (Wildman–Crippen MR) is 79.1 cm³/mol. The molecule has 17 heavy (non-hydrogen) atoms. The summed E-state index contributed by atoms with van der Waals surface area (Å²) in [6.45, 7) is 1.99. The molecular formula is C11H13Cl3N2S. The van der Waals surface area contributed by atoms with Crippen LogP contribution in [0.3, 0.4) is 0 Å². The van der Waals surface area contributed by atoms with Crippen LogP contribution in [0.2, 0.25) is 0 Å². The number of aryl methyl sites for hydroxylation is 1. The zero-order valence-corrected chi connectivity index (χ0v) is 12.3. The molecule has 0 amide bonds. The highest BCUT2D eigenvalue weighted by Gasteiger charge is 1.97. The van der Waals surface area contributed by atoms with E-state index in [-0.39, 0.29) is 37.2 Å². The molecule has 0 aromatic carbocycles. The molecule has 2 nitrogen and oxygen atoms in total. The van der Waals surface area contributed by atoms with Gasteiger partial charge in [-0.25, -0.2) is 4.98 Å². The lowest BCUT2D eigenvalue weighted by Crippen LogP contribution is -1.81. The molecule has 0 N–H and O–H groups in total. The minimum absolute atomic E-state index is 0. The summed E-state index contributed by atoms with van der Waals surface area (Å²) < 4.78 is 0. The molecule has 0 bridgehead atoms. The molecular weight excluding hydrogens is 299 g/mol. The molecule has 94 valence electrons. The molecule has 2 heterocycles. The van der Waals surface area contributed by atoms with Crippen molar-refractivity contribution in [3.05, 3.63) is 48.4 Å². The van der Waals surface area contributed by atoms with Gasteiger partial charge in [0, 0.05) is 23.0 Å². The van der Waals surface area contributed by atoms with Crippen molar-refractivity contribution in [2.45, 2.75) is 16.8 Å². The first kappa shape index (κ1) is 18.9. The van der Waals surface area contributed by atoms with Crippen LogP contribution in [0.25, 0.3) is 0 Å². The lowest BCUT2D eigenvalue weighted by molar-refractivity contribution is 1.12. The van der Waals surface area contributed by atoms with E-state index >= 15 is 0 Å². The first-order chi connectivity index (χ1) is 6.84. The number of nitrogens with zero attached hydrogens (tertiary/aromatic N) is 2. The molecule has 0 atom stereocenters. The molecule has 0 aliphatic heterocycles. The zero-order valence-electron chi connectivity index (χ0n) is 9.07. The van der Waals surface area contributed by atoms with Crippen LogP contribution in [-0.2, 0) is 0 Å². The largest absolute Gasteiger partial charge is 0.262 e. The van der Waals surface area contributed by atoms with Gasteiger partial charge >= 0.3 is 0 Å². The Morgan fingerprint density at radius 3 is 2.29 bits per heavy atom. The van der Waals surface area contributed by atoms with Crippen molar-refractivity contribution in [3.8, 4) is 0 Å². The molecule has 0 radical (unpaired) electrons. The molecule has 0 aliphatic carbocycles. The predicted octanol–water partition coefficient (Wildman–Crippen LogP) is 4.20. The fourth-order valence-electron chi connectivity index (χ4n) is 1.11. The number of aromatic nitrogens is 2. The second-order valence-electron chi connectivity index (χ2n) is 2.90. The minimum atomic E-state index is 0. The summed E-state index contributed by atoms with van der Waals surface area (Å²) in [6.07, 6.45) is 3.62. The van der Waals surface area contributed by atoms with E-state index < -0.39 is 0 Å². The SMILES string of the molecule is Cc1cc(Sc2ccccn2)ccn1.Cl.Cl.Cl. The maximum Gasteiger partial charge on any atom is 0.101 e. The Morgan fingerprint density at radius 1 is 0.941 bits per heavy atom. The van der Waals surface area contributed by atoms with Gasteiger partial charge in [0.2, 0.25) is 0 Å². The quantitative estimate of drug-likeness (QED) is 0.831. The standard InChI is InChI=1S/C11H10N2S.3ClH/c1-9-8-10(5-7-12-9)14-11-4-2-3-6-13-11;;;/h2-8H,1H3;3*1H. The van der Waals surface area contributed by atoms with Gasteiger partial charge in [-0.15, -0.1) is 37.2 Å². The van der Waals surface area contributed by atoms with E-state index in [1.165, 1.54) is 4.90 Å². The molecule has 2 aromatic heterocycles. The van der Waals surface area contributed by atoms with Crippen molar-refractivity contribution in [2.75, 3.05) is 0 Å². The van der Waals surface area contributed by atoms with Crippen LogP contribution in [-0.4, -0.2) is 9.97 Å². The minimum Gasteiger partial charge on any atom is -0.262 e. The normalized spacial score (nSPS) is 8.29. The van der Waals surface area contributed by atoms with E-state index in [0.29, 0.717) is 0 Å². The molecule has 0 saturated carbocycles. The third-order valence-electron chi connectivity index (χ3n) is 1.73. The average molecular weight is 312 g/mol. The van der Waals surface area contributed by atoms with Crippen molar-refractivity contribution >= 4 is 49.0 Å². The van der Waals surface area contributed by atoms with Crippen LogP contribution < -0.4 is 0 Å². The molecule has 0 saturated heterocycles. The highest BCUT2D eigenvalue weighted by atomic mass is 35.5. The van der Waals surface area contributed by atoms with Gasteiger partial charge in [0.05, 0.1) is 0 Å². The zero-order chi connectivity index (χ0) is 9.80. The summed E-state index contributed by atoms with van der Waals surface area (Å²) in [5.41, 5.74) is 1.03. The van der Waals surface area contributed by atoms with Gasteiger partial charge in [-0.2, -0.15) is 0 Å². The fraction of sp³-hybridized carbons (Fsp3) is 0.0909. The summed E-state index contributed by atoms with van der Waals surface area (Å²) in [5, 5.41) is 1.01. The Labute approximate surface area is 124 Å². The van der Waals surface area contributed by atoms with Crippen LogP contribution in [0, 0.1) is 6.92 Å². The molecule has 0 unspecified atom stereocenters. The van der Waals surface area contributed by atoms with Crippen molar-refractivity contribution < 1.29 is 0 Å².